The number of carbonyl (C=O) groups excluding carboxylic acids is 3. The Morgan fingerprint density at radius 1 is 0.871 bits per heavy atom. The van der Waals surface area contributed by atoms with E-state index in [4.69, 9.17) is 16.3 Å². The summed E-state index contributed by atoms with van der Waals surface area (Å²) in [5.41, 5.74) is 1.48. The van der Waals surface area contributed by atoms with Crippen molar-refractivity contribution in [3.05, 3.63) is 83.9 Å². The van der Waals surface area contributed by atoms with Crippen molar-refractivity contribution < 1.29 is 19.1 Å². The zero-order valence-electron chi connectivity index (χ0n) is 16.2. The lowest BCUT2D eigenvalue weighted by Gasteiger charge is -2.34. The first-order valence-electron chi connectivity index (χ1n) is 9.52. The second-order valence-electron chi connectivity index (χ2n) is 6.83. The lowest BCUT2D eigenvalue weighted by Crippen LogP contribution is -2.53. The smallest absolute Gasteiger partial charge is 0.335 e. The largest absolute Gasteiger partial charge is 0.423 e. The molecular formula is C23H18ClN3O4. The van der Waals surface area contributed by atoms with E-state index in [1.54, 1.807) is 72.8 Å². The molecule has 3 aromatic carbocycles. The second kappa shape index (κ2) is 8.89. The number of esters is 1. The van der Waals surface area contributed by atoms with Gasteiger partial charge in [0.05, 0.1) is 12.1 Å². The van der Waals surface area contributed by atoms with Crippen LogP contribution >= 0.6 is 11.6 Å². The number of nitrogens with one attached hydrogen (secondary N) is 2. The summed E-state index contributed by atoms with van der Waals surface area (Å²) < 4.78 is 5.38. The van der Waals surface area contributed by atoms with Gasteiger partial charge in [-0.3, -0.25) is 9.69 Å². The third-order valence-corrected chi connectivity index (χ3v) is 4.92. The molecule has 4 rings (SSSR count). The van der Waals surface area contributed by atoms with Crippen molar-refractivity contribution in [2.75, 3.05) is 15.5 Å². The van der Waals surface area contributed by atoms with Crippen LogP contribution in [-0.2, 0) is 9.59 Å². The molecule has 1 heterocycles. The molecule has 3 amide bonds. The first kappa shape index (κ1) is 20.4. The molecule has 0 spiro atoms. The molecule has 1 aliphatic heterocycles. The molecule has 0 saturated carbocycles. The van der Waals surface area contributed by atoms with Gasteiger partial charge in [-0.25, -0.2) is 9.59 Å². The van der Waals surface area contributed by atoms with Crippen molar-refractivity contribution >= 4 is 46.6 Å². The summed E-state index contributed by atoms with van der Waals surface area (Å²) in [7, 11) is 0. The van der Waals surface area contributed by atoms with E-state index in [0.29, 0.717) is 22.1 Å². The minimum absolute atomic E-state index is 0.249. The summed E-state index contributed by atoms with van der Waals surface area (Å²) in [4.78, 5) is 39.7. The summed E-state index contributed by atoms with van der Waals surface area (Å²) in [5.74, 6) is -0.858. The number of urea groups is 1. The topological polar surface area (TPSA) is 87.7 Å². The van der Waals surface area contributed by atoms with E-state index in [9.17, 15) is 14.4 Å². The van der Waals surface area contributed by atoms with E-state index >= 15 is 0 Å². The van der Waals surface area contributed by atoms with E-state index in [1.807, 2.05) is 6.07 Å². The first-order chi connectivity index (χ1) is 15.0. The normalized spacial score (nSPS) is 14.9. The van der Waals surface area contributed by atoms with E-state index in [1.165, 1.54) is 4.90 Å². The molecule has 0 aliphatic carbocycles. The highest BCUT2D eigenvalue weighted by Crippen LogP contribution is 2.35. The highest BCUT2D eigenvalue weighted by Gasteiger charge is 2.40. The molecular weight excluding hydrogens is 418 g/mol. The van der Waals surface area contributed by atoms with Crippen LogP contribution in [0.4, 0.5) is 21.9 Å². The highest BCUT2D eigenvalue weighted by atomic mass is 35.5. The number of rotatable bonds is 4. The standard InChI is InChI=1S/C23H18ClN3O4/c24-15-10-12-17(13-11-15)26-23(30)27-18-8-4-5-9-20(18)31-22(29)19(27)14-21(28)25-16-6-2-1-3-7-16/h1-13,19H,14H2,(H,25,28)(H,26,30)/t19-/m1/s1. The molecule has 0 saturated heterocycles. The molecule has 0 radical (unpaired) electrons. The van der Waals surface area contributed by atoms with Crippen molar-refractivity contribution in [3.63, 3.8) is 0 Å². The molecule has 7 nitrogen and oxygen atoms in total. The molecule has 2 N–H and O–H groups in total. The van der Waals surface area contributed by atoms with E-state index in [0.717, 1.165) is 0 Å². The summed E-state index contributed by atoms with van der Waals surface area (Å²) in [6, 6.07) is 20.4. The summed E-state index contributed by atoms with van der Waals surface area (Å²) in [6.07, 6.45) is -0.268. The zero-order chi connectivity index (χ0) is 21.8. The van der Waals surface area contributed by atoms with Gasteiger partial charge < -0.3 is 15.4 Å². The molecule has 31 heavy (non-hydrogen) atoms. The molecule has 0 unspecified atom stereocenters. The van der Waals surface area contributed by atoms with E-state index in [2.05, 4.69) is 10.6 Å². The Hall–Kier alpha value is -3.84. The number of hydrogen-bond donors (Lipinski definition) is 2. The monoisotopic (exact) mass is 435 g/mol. The SMILES string of the molecule is O=C(C[C@@H]1C(=O)Oc2ccccc2N1C(=O)Nc1ccc(Cl)cc1)Nc1ccccc1. The van der Waals surface area contributed by atoms with Gasteiger partial charge in [0.15, 0.2) is 5.75 Å². The third kappa shape index (κ3) is 4.67. The number of para-hydroxylation sites is 3. The minimum atomic E-state index is -1.13. The first-order valence-corrected chi connectivity index (χ1v) is 9.90. The summed E-state index contributed by atoms with van der Waals surface area (Å²) in [6.45, 7) is 0. The van der Waals surface area contributed by atoms with Gasteiger partial charge in [0.1, 0.15) is 6.04 Å². The van der Waals surface area contributed by atoms with Crippen LogP contribution in [0.15, 0.2) is 78.9 Å². The molecule has 1 atom stereocenters. The number of nitrogens with zero attached hydrogens (tertiary/aromatic N) is 1. The van der Waals surface area contributed by atoms with Crippen LogP contribution in [0.2, 0.25) is 5.02 Å². The van der Waals surface area contributed by atoms with Gasteiger partial charge in [-0.15, -0.1) is 0 Å². The molecule has 1 aliphatic rings. The third-order valence-electron chi connectivity index (χ3n) is 4.67. The highest BCUT2D eigenvalue weighted by molar-refractivity contribution is 6.30. The molecule has 0 bridgehead atoms. The Labute approximate surface area is 183 Å². The number of carbonyl (C=O) groups is 3. The van der Waals surface area contributed by atoms with Gasteiger partial charge in [-0.1, -0.05) is 41.9 Å². The van der Waals surface area contributed by atoms with Crippen LogP contribution in [0.25, 0.3) is 0 Å². The van der Waals surface area contributed by atoms with Gasteiger partial charge in [0, 0.05) is 16.4 Å². The second-order valence-corrected chi connectivity index (χ2v) is 7.27. The summed E-state index contributed by atoms with van der Waals surface area (Å²) in [5, 5.41) is 6.00. The number of amides is 3. The quantitative estimate of drug-likeness (QED) is 0.459. The van der Waals surface area contributed by atoms with Gasteiger partial charge in [0.25, 0.3) is 0 Å². The Morgan fingerprint density at radius 2 is 1.52 bits per heavy atom. The summed E-state index contributed by atoms with van der Waals surface area (Å²) >= 11 is 5.90. The predicted octanol–water partition coefficient (Wildman–Crippen LogP) is 4.69. The molecule has 0 fully saturated rings. The fourth-order valence-corrected chi connectivity index (χ4v) is 3.37. The van der Waals surface area contributed by atoms with Crippen LogP contribution < -0.4 is 20.3 Å². The number of halogens is 1. The van der Waals surface area contributed by atoms with Crippen molar-refractivity contribution in [1.82, 2.24) is 0 Å². The average Bonchev–Trinajstić information content (AvgIpc) is 2.76. The van der Waals surface area contributed by atoms with Crippen LogP contribution in [0.1, 0.15) is 6.42 Å². The maximum atomic E-state index is 13.2. The zero-order valence-corrected chi connectivity index (χ0v) is 17.0. The van der Waals surface area contributed by atoms with Crippen LogP contribution in [-0.4, -0.2) is 23.9 Å². The fraction of sp³-hybridized carbons (Fsp3) is 0.0870. The van der Waals surface area contributed by atoms with Gasteiger partial charge in [0.2, 0.25) is 5.91 Å². The van der Waals surface area contributed by atoms with Crippen LogP contribution in [0.5, 0.6) is 5.75 Å². The minimum Gasteiger partial charge on any atom is -0.423 e. The van der Waals surface area contributed by atoms with E-state index in [-0.39, 0.29) is 12.2 Å². The molecule has 156 valence electrons. The Kier molecular flexibility index (Phi) is 5.86. The van der Waals surface area contributed by atoms with Crippen molar-refractivity contribution in [2.24, 2.45) is 0 Å². The van der Waals surface area contributed by atoms with Gasteiger partial charge >= 0.3 is 12.0 Å². The Morgan fingerprint density at radius 3 is 2.26 bits per heavy atom. The molecule has 8 heteroatoms. The fourth-order valence-electron chi connectivity index (χ4n) is 3.24. The van der Waals surface area contributed by atoms with Crippen molar-refractivity contribution in [1.29, 1.82) is 0 Å². The number of ether oxygens (including phenoxy) is 1. The number of anilines is 3. The number of fused-ring (bicyclic) bond motifs is 1. The number of benzene rings is 3. The average molecular weight is 436 g/mol. The van der Waals surface area contributed by atoms with Crippen LogP contribution in [0.3, 0.4) is 0 Å². The molecule has 3 aromatic rings. The van der Waals surface area contributed by atoms with Crippen molar-refractivity contribution in [2.45, 2.75) is 12.5 Å². The Bertz CT molecular complexity index is 1120. The van der Waals surface area contributed by atoms with Gasteiger partial charge in [-0.2, -0.15) is 0 Å². The van der Waals surface area contributed by atoms with Gasteiger partial charge in [-0.05, 0) is 48.5 Å². The molecule has 0 aromatic heterocycles. The lowest BCUT2D eigenvalue weighted by atomic mass is 10.1. The van der Waals surface area contributed by atoms with Crippen molar-refractivity contribution in [3.8, 4) is 5.75 Å². The predicted molar refractivity (Wildman–Crippen MR) is 119 cm³/mol. The lowest BCUT2D eigenvalue weighted by molar-refractivity contribution is -0.138. The van der Waals surface area contributed by atoms with Crippen LogP contribution in [0, 0.1) is 0 Å². The Balaban J connectivity index is 1.60. The maximum Gasteiger partial charge on any atom is 0.335 e. The van der Waals surface area contributed by atoms with E-state index < -0.39 is 23.9 Å². The maximum absolute atomic E-state index is 13.2. The number of hydrogen-bond acceptors (Lipinski definition) is 4.